The second-order valence-corrected chi connectivity index (χ2v) is 6.26. The maximum Gasteiger partial charge on any atom is 0.254 e. The van der Waals surface area contributed by atoms with Gasteiger partial charge in [0, 0.05) is 32.1 Å². The summed E-state index contributed by atoms with van der Waals surface area (Å²) in [4.78, 5) is 28.0. The van der Waals surface area contributed by atoms with Crippen molar-refractivity contribution in [2.24, 2.45) is 0 Å². The van der Waals surface area contributed by atoms with Crippen LogP contribution in [0.4, 0.5) is 8.78 Å². The molecule has 8 heteroatoms. The molecule has 146 valence electrons. The molecule has 0 aliphatic heterocycles. The van der Waals surface area contributed by atoms with E-state index in [4.69, 9.17) is 0 Å². The van der Waals surface area contributed by atoms with Crippen molar-refractivity contribution in [2.75, 3.05) is 13.1 Å². The number of amides is 2. The van der Waals surface area contributed by atoms with Gasteiger partial charge in [0.05, 0.1) is 22.9 Å². The molecule has 0 fully saturated rings. The molecule has 0 bridgehead atoms. The zero-order chi connectivity index (χ0) is 19.9. The number of carbonyl (C=O) groups excluding carboxylic acids is 2. The van der Waals surface area contributed by atoms with Crippen LogP contribution >= 0.6 is 0 Å². The Hall–Kier alpha value is -3.29. The first-order valence-corrected chi connectivity index (χ1v) is 8.94. The predicted octanol–water partition coefficient (Wildman–Crippen LogP) is 2.64. The minimum Gasteiger partial charge on any atom is -0.356 e. The van der Waals surface area contributed by atoms with Crippen LogP contribution < -0.4 is 10.6 Å². The van der Waals surface area contributed by atoms with E-state index < -0.39 is 17.5 Å². The summed E-state index contributed by atoms with van der Waals surface area (Å²) < 4.78 is 28.4. The minimum absolute atomic E-state index is 0.0631. The van der Waals surface area contributed by atoms with Crippen LogP contribution in [0.3, 0.4) is 0 Å². The van der Waals surface area contributed by atoms with Gasteiger partial charge in [-0.2, -0.15) is 0 Å². The Bertz CT molecular complexity index is 987. The first-order chi connectivity index (χ1) is 13.5. The van der Waals surface area contributed by atoms with E-state index in [-0.39, 0.29) is 24.4 Å². The number of imidazole rings is 1. The fraction of sp³-hybridized carbons (Fsp3) is 0.250. The molecule has 3 rings (SSSR count). The lowest BCUT2D eigenvalue weighted by atomic mass is 10.2. The molecule has 0 atom stereocenters. The number of benzene rings is 2. The number of nitrogens with zero attached hydrogens (tertiary/aromatic N) is 2. The van der Waals surface area contributed by atoms with E-state index in [2.05, 4.69) is 15.6 Å². The van der Waals surface area contributed by atoms with Crippen molar-refractivity contribution in [3.05, 3.63) is 66.0 Å². The molecule has 0 saturated heterocycles. The Morgan fingerprint density at radius 1 is 1.04 bits per heavy atom. The van der Waals surface area contributed by atoms with Crippen LogP contribution in [0.2, 0.25) is 0 Å². The summed E-state index contributed by atoms with van der Waals surface area (Å²) in [6.07, 6.45) is 2.58. The van der Waals surface area contributed by atoms with Gasteiger partial charge >= 0.3 is 0 Å². The van der Waals surface area contributed by atoms with E-state index in [0.717, 1.165) is 36.1 Å². The molecule has 0 aliphatic rings. The average Bonchev–Trinajstić information content (AvgIpc) is 3.08. The van der Waals surface area contributed by atoms with Gasteiger partial charge in [-0.15, -0.1) is 0 Å². The number of aryl methyl sites for hydroxylation is 1. The number of nitrogens with one attached hydrogen (secondary N) is 2. The molecule has 2 aromatic carbocycles. The summed E-state index contributed by atoms with van der Waals surface area (Å²) in [6, 6.07) is 10.5. The number of halogens is 2. The number of hydrogen-bond donors (Lipinski definition) is 2. The highest BCUT2D eigenvalue weighted by Crippen LogP contribution is 2.12. The van der Waals surface area contributed by atoms with Crippen molar-refractivity contribution >= 4 is 22.8 Å². The normalized spacial score (nSPS) is 10.8. The molecule has 0 aliphatic carbocycles. The van der Waals surface area contributed by atoms with Gasteiger partial charge in [0.1, 0.15) is 11.6 Å². The highest BCUT2D eigenvalue weighted by molar-refractivity contribution is 5.94. The number of aromatic nitrogens is 2. The third-order valence-electron chi connectivity index (χ3n) is 4.24. The van der Waals surface area contributed by atoms with Gasteiger partial charge < -0.3 is 15.2 Å². The third-order valence-corrected chi connectivity index (χ3v) is 4.24. The summed E-state index contributed by atoms with van der Waals surface area (Å²) >= 11 is 0. The van der Waals surface area contributed by atoms with Crippen LogP contribution in [-0.2, 0) is 11.3 Å². The molecule has 0 spiro atoms. The fourth-order valence-electron chi connectivity index (χ4n) is 2.81. The lowest BCUT2D eigenvalue weighted by Crippen LogP contribution is -2.31. The Kier molecular flexibility index (Phi) is 6.31. The van der Waals surface area contributed by atoms with Crippen LogP contribution in [0.1, 0.15) is 23.2 Å². The molecule has 3 aromatic rings. The third kappa shape index (κ3) is 4.91. The Labute approximate surface area is 160 Å². The summed E-state index contributed by atoms with van der Waals surface area (Å²) in [5.74, 6) is -2.58. The van der Waals surface area contributed by atoms with E-state index in [1.807, 2.05) is 28.8 Å². The standard InChI is InChI=1S/C20H20F2N4O2/c21-14-6-7-15(16(22)12-14)20(28)24-10-8-19(27)23-9-3-11-26-13-25-17-4-1-2-5-18(17)26/h1-2,4-7,12-13H,3,8-11H2,(H,23,27)(H,24,28). The summed E-state index contributed by atoms with van der Waals surface area (Å²) in [6.45, 7) is 1.28. The summed E-state index contributed by atoms with van der Waals surface area (Å²) in [5.41, 5.74) is 1.72. The van der Waals surface area contributed by atoms with Gasteiger partial charge in [-0.1, -0.05) is 12.1 Å². The molecule has 6 nitrogen and oxygen atoms in total. The second kappa shape index (κ2) is 9.07. The zero-order valence-electron chi connectivity index (χ0n) is 15.1. The fourth-order valence-corrected chi connectivity index (χ4v) is 2.81. The van der Waals surface area contributed by atoms with Crippen LogP contribution in [0, 0.1) is 11.6 Å². The zero-order valence-corrected chi connectivity index (χ0v) is 15.1. The Balaban J connectivity index is 1.35. The SMILES string of the molecule is O=C(CCNC(=O)c1ccc(F)cc1F)NCCCn1cnc2ccccc21. The van der Waals surface area contributed by atoms with Gasteiger partial charge in [-0.25, -0.2) is 13.8 Å². The maximum atomic E-state index is 13.5. The quantitative estimate of drug-likeness (QED) is 0.585. The highest BCUT2D eigenvalue weighted by atomic mass is 19.1. The van der Waals surface area contributed by atoms with Gasteiger partial charge in [0.2, 0.25) is 5.91 Å². The molecule has 0 radical (unpaired) electrons. The van der Waals surface area contributed by atoms with E-state index in [9.17, 15) is 18.4 Å². The molecular formula is C20H20F2N4O2. The number of fused-ring (bicyclic) bond motifs is 1. The van der Waals surface area contributed by atoms with Crippen molar-refractivity contribution in [3.8, 4) is 0 Å². The van der Waals surface area contributed by atoms with Gasteiger partial charge in [-0.3, -0.25) is 9.59 Å². The van der Waals surface area contributed by atoms with Crippen LogP contribution in [0.5, 0.6) is 0 Å². The smallest absolute Gasteiger partial charge is 0.254 e. The molecule has 0 saturated carbocycles. The summed E-state index contributed by atoms with van der Waals surface area (Å²) in [5, 5.41) is 5.23. The van der Waals surface area contributed by atoms with Crippen molar-refractivity contribution in [1.82, 2.24) is 20.2 Å². The monoisotopic (exact) mass is 386 g/mol. The van der Waals surface area contributed by atoms with Crippen molar-refractivity contribution in [1.29, 1.82) is 0 Å². The largest absolute Gasteiger partial charge is 0.356 e. The number of para-hydroxylation sites is 2. The Morgan fingerprint density at radius 3 is 2.68 bits per heavy atom. The summed E-state index contributed by atoms with van der Waals surface area (Å²) in [7, 11) is 0. The second-order valence-electron chi connectivity index (χ2n) is 6.26. The Morgan fingerprint density at radius 2 is 1.86 bits per heavy atom. The molecule has 1 aromatic heterocycles. The van der Waals surface area contributed by atoms with Crippen LogP contribution in [-0.4, -0.2) is 34.5 Å². The lowest BCUT2D eigenvalue weighted by molar-refractivity contribution is -0.120. The first-order valence-electron chi connectivity index (χ1n) is 8.94. The topological polar surface area (TPSA) is 76.0 Å². The van der Waals surface area contributed by atoms with Crippen molar-refractivity contribution in [3.63, 3.8) is 0 Å². The number of rotatable bonds is 8. The molecule has 2 N–H and O–H groups in total. The van der Waals surface area contributed by atoms with Gasteiger partial charge in [-0.05, 0) is 30.7 Å². The minimum atomic E-state index is -0.936. The van der Waals surface area contributed by atoms with Gasteiger partial charge in [0.25, 0.3) is 5.91 Å². The number of carbonyl (C=O) groups is 2. The van der Waals surface area contributed by atoms with E-state index in [0.29, 0.717) is 12.6 Å². The van der Waals surface area contributed by atoms with Crippen LogP contribution in [0.15, 0.2) is 48.8 Å². The molecule has 2 amide bonds. The van der Waals surface area contributed by atoms with Crippen molar-refractivity contribution < 1.29 is 18.4 Å². The number of hydrogen-bond acceptors (Lipinski definition) is 3. The lowest BCUT2D eigenvalue weighted by Gasteiger charge is -2.08. The average molecular weight is 386 g/mol. The van der Waals surface area contributed by atoms with Gasteiger partial charge in [0.15, 0.2) is 0 Å². The van der Waals surface area contributed by atoms with Crippen molar-refractivity contribution in [2.45, 2.75) is 19.4 Å². The van der Waals surface area contributed by atoms with Crippen LogP contribution in [0.25, 0.3) is 11.0 Å². The van der Waals surface area contributed by atoms with E-state index in [1.165, 1.54) is 0 Å². The molecule has 28 heavy (non-hydrogen) atoms. The molecule has 1 heterocycles. The molecule has 0 unspecified atom stereocenters. The maximum absolute atomic E-state index is 13.5. The predicted molar refractivity (Wildman–Crippen MR) is 101 cm³/mol. The van der Waals surface area contributed by atoms with E-state index >= 15 is 0 Å². The highest BCUT2D eigenvalue weighted by Gasteiger charge is 2.12. The molecular weight excluding hydrogens is 366 g/mol. The van der Waals surface area contributed by atoms with E-state index in [1.54, 1.807) is 6.33 Å². The first kappa shape index (κ1) is 19.5.